The molecule has 1 aliphatic rings. The van der Waals surface area contributed by atoms with Crippen molar-refractivity contribution in [3.63, 3.8) is 0 Å². The minimum Gasteiger partial charge on any atom is -0.492 e. The number of hydrogen-bond donors (Lipinski definition) is 1. The molecular formula is C16H22NO. The number of nitrogens with one attached hydrogen (secondary N) is 1. The molecule has 0 aromatic heterocycles. The molecule has 0 saturated carbocycles. The summed E-state index contributed by atoms with van der Waals surface area (Å²) in [5.74, 6) is 0.897. The van der Waals surface area contributed by atoms with Crippen molar-refractivity contribution in [3.8, 4) is 5.75 Å². The number of ether oxygens (including phenoxy) is 1. The molecule has 1 radical (unpaired) electrons. The highest BCUT2D eigenvalue weighted by Gasteiger charge is 2.02. The highest BCUT2D eigenvalue weighted by atomic mass is 16.5. The Labute approximate surface area is 110 Å². The molecule has 0 spiro atoms. The van der Waals surface area contributed by atoms with E-state index < -0.39 is 0 Å². The zero-order valence-electron chi connectivity index (χ0n) is 11.0. The Bertz CT molecular complexity index is 359. The number of hydrogen-bond acceptors (Lipinski definition) is 2. The Balaban J connectivity index is 1.50. The van der Waals surface area contributed by atoms with Crippen molar-refractivity contribution in [2.45, 2.75) is 32.1 Å². The maximum atomic E-state index is 5.59. The second-order valence-corrected chi connectivity index (χ2v) is 4.70. The van der Waals surface area contributed by atoms with E-state index >= 15 is 0 Å². The fourth-order valence-corrected chi connectivity index (χ4v) is 2.21. The summed E-state index contributed by atoms with van der Waals surface area (Å²) in [5, 5.41) is 3.43. The zero-order valence-corrected chi connectivity index (χ0v) is 11.0. The smallest absolute Gasteiger partial charge is 0.119 e. The molecule has 18 heavy (non-hydrogen) atoms. The Morgan fingerprint density at radius 2 is 2.28 bits per heavy atom. The van der Waals surface area contributed by atoms with Crippen LogP contribution in [0.25, 0.3) is 0 Å². The Morgan fingerprint density at radius 3 is 3.06 bits per heavy atom. The van der Waals surface area contributed by atoms with Gasteiger partial charge in [-0.3, -0.25) is 0 Å². The van der Waals surface area contributed by atoms with Gasteiger partial charge >= 0.3 is 0 Å². The molecule has 0 saturated heterocycles. The summed E-state index contributed by atoms with van der Waals surface area (Å²) in [6.07, 6.45) is 8.94. The van der Waals surface area contributed by atoms with Gasteiger partial charge in [0.1, 0.15) is 12.4 Å². The summed E-state index contributed by atoms with van der Waals surface area (Å²) in [6, 6.07) is 10.7. The van der Waals surface area contributed by atoms with Crippen molar-refractivity contribution in [2.24, 2.45) is 0 Å². The minimum atomic E-state index is 0.719. The second-order valence-electron chi connectivity index (χ2n) is 4.70. The largest absolute Gasteiger partial charge is 0.492 e. The molecule has 1 aromatic rings. The van der Waals surface area contributed by atoms with Crippen LogP contribution < -0.4 is 10.1 Å². The van der Waals surface area contributed by atoms with E-state index in [0.29, 0.717) is 0 Å². The van der Waals surface area contributed by atoms with Crippen molar-refractivity contribution < 1.29 is 4.74 Å². The van der Waals surface area contributed by atoms with Gasteiger partial charge in [-0.2, -0.15) is 0 Å². The first-order valence-electron chi connectivity index (χ1n) is 6.93. The van der Waals surface area contributed by atoms with Crippen LogP contribution in [0.15, 0.2) is 35.9 Å². The fourth-order valence-electron chi connectivity index (χ4n) is 2.21. The van der Waals surface area contributed by atoms with Gasteiger partial charge in [0.15, 0.2) is 0 Å². The van der Waals surface area contributed by atoms with Crippen molar-refractivity contribution in [3.05, 3.63) is 42.0 Å². The molecule has 0 aliphatic heterocycles. The van der Waals surface area contributed by atoms with E-state index in [1.165, 1.54) is 32.1 Å². The quantitative estimate of drug-likeness (QED) is 0.586. The lowest BCUT2D eigenvalue weighted by Crippen LogP contribution is -2.22. The molecule has 0 bridgehead atoms. The molecule has 1 aliphatic carbocycles. The van der Waals surface area contributed by atoms with Crippen LogP contribution in [0.1, 0.15) is 32.1 Å². The molecule has 1 N–H and O–H groups in total. The van der Waals surface area contributed by atoms with E-state index in [0.717, 1.165) is 25.4 Å². The SMILES string of the molecule is [c]1cccc(OCCNCCC2=CCCCC2)c1. The molecule has 2 rings (SSSR count). The predicted molar refractivity (Wildman–Crippen MR) is 74.8 cm³/mol. The van der Waals surface area contributed by atoms with Crippen molar-refractivity contribution in [1.82, 2.24) is 5.32 Å². The van der Waals surface area contributed by atoms with Crippen molar-refractivity contribution in [1.29, 1.82) is 0 Å². The molecule has 0 heterocycles. The normalized spacial score (nSPS) is 15.2. The number of allylic oxidation sites excluding steroid dienone is 1. The summed E-state index contributed by atoms with van der Waals surface area (Å²) in [6.45, 7) is 2.69. The van der Waals surface area contributed by atoms with Crippen LogP contribution in [0.2, 0.25) is 0 Å². The third-order valence-corrected chi connectivity index (χ3v) is 3.23. The van der Waals surface area contributed by atoms with Gasteiger partial charge in [-0.05, 0) is 56.8 Å². The summed E-state index contributed by atoms with van der Waals surface area (Å²) in [5.41, 5.74) is 1.63. The number of rotatable bonds is 7. The van der Waals surface area contributed by atoms with Gasteiger partial charge < -0.3 is 10.1 Å². The molecule has 97 valence electrons. The average molecular weight is 244 g/mol. The van der Waals surface area contributed by atoms with Gasteiger partial charge in [0.05, 0.1) is 0 Å². The first-order chi connectivity index (χ1) is 8.95. The molecule has 1 aromatic carbocycles. The summed E-state index contributed by atoms with van der Waals surface area (Å²) in [4.78, 5) is 0. The first kappa shape index (κ1) is 13.2. The van der Waals surface area contributed by atoms with Crippen molar-refractivity contribution in [2.75, 3.05) is 19.7 Å². The Hall–Kier alpha value is -1.28. The first-order valence-corrected chi connectivity index (χ1v) is 6.93. The van der Waals surface area contributed by atoms with E-state index in [1.807, 2.05) is 24.3 Å². The predicted octanol–water partition coefficient (Wildman–Crippen LogP) is 3.35. The highest BCUT2D eigenvalue weighted by molar-refractivity contribution is 5.19. The van der Waals surface area contributed by atoms with Crippen molar-refractivity contribution >= 4 is 0 Å². The molecule has 0 amide bonds. The van der Waals surface area contributed by atoms with E-state index in [-0.39, 0.29) is 0 Å². The van der Waals surface area contributed by atoms with Crippen LogP contribution in [-0.4, -0.2) is 19.7 Å². The van der Waals surface area contributed by atoms with Gasteiger partial charge in [0.2, 0.25) is 0 Å². The van der Waals surface area contributed by atoms with E-state index in [2.05, 4.69) is 17.5 Å². The second kappa shape index (κ2) is 7.93. The summed E-state index contributed by atoms with van der Waals surface area (Å²) >= 11 is 0. The topological polar surface area (TPSA) is 21.3 Å². The van der Waals surface area contributed by atoms with Crippen LogP contribution in [0.4, 0.5) is 0 Å². The van der Waals surface area contributed by atoms with Gasteiger partial charge in [-0.15, -0.1) is 0 Å². The third kappa shape index (κ3) is 4.92. The fraction of sp³-hybridized carbons (Fsp3) is 0.500. The number of benzene rings is 1. The van der Waals surface area contributed by atoms with Crippen LogP contribution in [0.5, 0.6) is 5.75 Å². The third-order valence-electron chi connectivity index (χ3n) is 3.23. The summed E-state index contributed by atoms with van der Waals surface area (Å²) in [7, 11) is 0. The van der Waals surface area contributed by atoms with Crippen LogP contribution in [0, 0.1) is 6.07 Å². The lowest BCUT2D eigenvalue weighted by atomic mass is 9.97. The molecule has 0 fully saturated rings. The molecule has 2 heteroatoms. The Kier molecular flexibility index (Phi) is 5.80. The van der Waals surface area contributed by atoms with Gasteiger partial charge in [0.25, 0.3) is 0 Å². The summed E-state index contributed by atoms with van der Waals surface area (Å²) < 4.78 is 5.59. The van der Waals surface area contributed by atoms with E-state index in [1.54, 1.807) is 5.57 Å². The zero-order chi connectivity index (χ0) is 12.5. The lowest BCUT2D eigenvalue weighted by molar-refractivity contribution is 0.314. The molecule has 0 atom stereocenters. The standard InChI is InChI=1S/C16H22NO/c1-3-7-15(8-4-1)11-12-17-13-14-18-16-9-5-2-6-10-16/h2,5,7,9-10,17H,1,3-4,8,11-14H2. The highest BCUT2D eigenvalue weighted by Crippen LogP contribution is 2.19. The maximum Gasteiger partial charge on any atom is 0.119 e. The molecular weight excluding hydrogens is 222 g/mol. The lowest BCUT2D eigenvalue weighted by Gasteiger charge is -2.13. The van der Waals surface area contributed by atoms with E-state index in [4.69, 9.17) is 4.74 Å². The van der Waals surface area contributed by atoms with Crippen LogP contribution >= 0.6 is 0 Å². The van der Waals surface area contributed by atoms with Gasteiger partial charge in [0, 0.05) is 6.54 Å². The maximum absolute atomic E-state index is 5.59. The van der Waals surface area contributed by atoms with Crippen LogP contribution in [0.3, 0.4) is 0 Å². The average Bonchev–Trinajstić information content (AvgIpc) is 2.45. The Morgan fingerprint density at radius 1 is 1.28 bits per heavy atom. The molecule has 0 unspecified atom stereocenters. The van der Waals surface area contributed by atoms with Crippen LogP contribution in [-0.2, 0) is 0 Å². The van der Waals surface area contributed by atoms with E-state index in [9.17, 15) is 0 Å². The minimum absolute atomic E-state index is 0.719. The van der Waals surface area contributed by atoms with Gasteiger partial charge in [-0.1, -0.05) is 23.8 Å². The monoisotopic (exact) mass is 244 g/mol. The molecule has 2 nitrogen and oxygen atoms in total. The van der Waals surface area contributed by atoms with Gasteiger partial charge in [-0.25, -0.2) is 0 Å².